The van der Waals surface area contributed by atoms with Crippen LogP contribution >= 0.6 is 0 Å². The summed E-state index contributed by atoms with van der Waals surface area (Å²) in [5.41, 5.74) is -1.00. The lowest BCUT2D eigenvalue weighted by Crippen LogP contribution is -2.37. The molecule has 2 amide bonds. The van der Waals surface area contributed by atoms with Crippen molar-refractivity contribution in [1.29, 1.82) is 0 Å². The first-order valence-corrected chi connectivity index (χ1v) is 10.1. The summed E-state index contributed by atoms with van der Waals surface area (Å²) < 4.78 is 43.2. The molecular weight excluding hydrogens is 385 g/mol. The third-order valence-corrected chi connectivity index (χ3v) is 6.07. The van der Waals surface area contributed by atoms with E-state index in [-0.39, 0.29) is 23.6 Å². The van der Waals surface area contributed by atoms with Crippen LogP contribution < -0.4 is 5.32 Å². The van der Waals surface area contributed by atoms with E-state index >= 15 is 0 Å². The summed E-state index contributed by atoms with van der Waals surface area (Å²) >= 11 is 0. The molecule has 1 saturated carbocycles. The van der Waals surface area contributed by atoms with Gasteiger partial charge in [-0.25, -0.2) is 4.79 Å². The van der Waals surface area contributed by atoms with Crippen LogP contribution in [-0.2, 0) is 15.7 Å². The van der Waals surface area contributed by atoms with Crippen LogP contribution in [0.3, 0.4) is 0 Å². The SMILES string of the molecule is CC1CCC2(CC1)CCN(CCCOC(=O)Nc1cccc(C(F)(F)F)c1)C2=O. The molecule has 1 heterocycles. The number of ether oxygens (including phenoxy) is 1. The molecule has 1 aromatic carbocycles. The Bertz CT molecular complexity index is 743. The number of halogens is 3. The van der Waals surface area contributed by atoms with Crippen LogP contribution in [0.15, 0.2) is 24.3 Å². The lowest BCUT2D eigenvalue weighted by Gasteiger charge is -2.34. The van der Waals surface area contributed by atoms with E-state index in [1.807, 2.05) is 4.90 Å². The molecule has 0 unspecified atom stereocenters. The predicted molar refractivity (Wildman–Crippen MR) is 102 cm³/mol. The zero-order valence-electron chi connectivity index (χ0n) is 16.6. The average molecular weight is 412 g/mol. The number of hydrogen-bond acceptors (Lipinski definition) is 3. The fourth-order valence-electron chi connectivity index (χ4n) is 4.23. The number of anilines is 1. The van der Waals surface area contributed by atoms with E-state index in [0.717, 1.165) is 50.8 Å². The highest BCUT2D eigenvalue weighted by Gasteiger charge is 2.47. The molecule has 1 saturated heterocycles. The maximum Gasteiger partial charge on any atom is 0.416 e. The molecule has 0 bridgehead atoms. The van der Waals surface area contributed by atoms with Crippen molar-refractivity contribution in [3.63, 3.8) is 0 Å². The molecule has 1 N–H and O–H groups in total. The van der Waals surface area contributed by atoms with Crippen LogP contribution in [-0.4, -0.2) is 36.6 Å². The number of alkyl halides is 3. The highest BCUT2D eigenvalue weighted by Crippen LogP contribution is 2.46. The Hall–Kier alpha value is -2.25. The van der Waals surface area contributed by atoms with Gasteiger partial charge in [0.1, 0.15) is 0 Å². The van der Waals surface area contributed by atoms with Gasteiger partial charge in [0.25, 0.3) is 0 Å². The largest absolute Gasteiger partial charge is 0.449 e. The Morgan fingerprint density at radius 3 is 2.69 bits per heavy atom. The lowest BCUT2D eigenvalue weighted by atomic mass is 9.70. The zero-order valence-corrected chi connectivity index (χ0v) is 16.6. The monoisotopic (exact) mass is 412 g/mol. The normalized spacial score (nSPS) is 24.8. The highest BCUT2D eigenvalue weighted by atomic mass is 19.4. The molecule has 29 heavy (non-hydrogen) atoms. The van der Waals surface area contributed by atoms with Gasteiger partial charge in [0.05, 0.1) is 17.6 Å². The lowest BCUT2D eigenvalue weighted by molar-refractivity contribution is -0.138. The number of rotatable bonds is 5. The first-order chi connectivity index (χ1) is 13.7. The van der Waals surface area contributed by atoms with Crippen molar-refractivity contribution in [3.8, 4) is 0 Å². The number of carbonyl (C=O) groups is 2. The van der Waals surface area contributed by atoms with E-state index in [1.54, 1.807) is 0 Å². The molecule has 0 atom stereocenters. The first kappa shape index (κ1) is 21.5. The Morgan fingerprint density at radius 2 is 2.00 bits per heavy atom. The van der Waals surface area contributed by atoms with Gasteiger partial charge in [0, 0.05) is 18.8 Å². The van der Waals surface area contributed by atoms with Gasteiger partial charge >= 0.3 is 12.3 Å². The molecule has 2 fully saturated rings. The smallest absolute Gasteiger partial charge is 0.416 e. The van der Waals surface area contributed by atoms with Gasteiger partial charge in [0.2, 0.25) is 5.91 Å². The van der Waals surface area contributed by atoms with Gasteiger partial charge in [-0.2, -0.15) is 13.2 Å². The molecule has 0 radical (unpaired) electrons. The van der Waals surface area contributed by atoms with Crippen molar-refractivity contribution < 1.29 is 27.5 Å². The highest BCUT2D eigenvalue weighted by molar-refractivity contribution is 5.85. The zero-order chi connectivity index (χ0) is 21.1. The van der Waals surface area contributed by atoms with Crippen molar-refractivity contribution in [2.24, 2.45) is 11.3 Å². The molecule has 160 valence electrons. The van der Waals surface area contributed by atoms with Gasteiger partial charge in [-0.3, -0.25) is 10.1 Å². The third-order valence-electron chi connectivity index (χ3n) is 6.07. The number of nitrogens with zero attached hydrogens (tertiary/aromatic N) is 1. The summed E-state index contributed by atoms with van der Waals surface area (Å²) in [6.07, 6.45) is 0.214. The quantitative estimate of drug-likeness (QED) is 0.687. The summed E-state index contributed by atoms with van der Waals surface area (Å²) in [4.78, 5) is 26.4. The maximum absolute atomic E-state index is 12.8. The minimum Gasteiger partial charge on any atom is -0.449 e. The van der Waals surface area contributed by atoms with Crippen molar-refractivity contribution in [2.45, 2.75) is 51.6 Å². The van der Waals surface area contributed by atoms with Crippen molar-refractivity contribution in [1.82, 2.24) is 4.90 Å². The summed E-state index contributed by atoms with van der Waals surface area (Å²) in [7, 11) is 0. The molecule has 8 heteroatoms. The van der Waals surface area contributed by atoms with E-state index in [2.05, 4.69) is 12.2 Å². The van der Waals surface area contributed by atoms with Crippen molar-refractivity contribution >= 4 is 17.7 Å². The van der Waals surface area contributed by atoms with E-state index < -0.39 is 17.8 Å². The minimum atomic E-state index is -4.47. The number of amides is 2. The molecule has 3 rings (SSSR count). The minimum absolute atomic E-state index is 0.0213. The van der Waals surface area contributed by atoms with Gasteiger partial charge in [0.15, 0.2) is 0 Å². The van der Waals surface area contributed by atoms with E-state index in [1.165, 1.54) is 12.1 Å². The van der Waals surface area contributed by atoms with Crippen LogP contribution in [0.4, 0.5) is 23.7 Å². The van der Waals surface area contributed by atoms with E-state index in [4.69, 9.17) is 4.74 Å². The number of carbonyl (C=O) groups excluding carboxylic acids is 2. The summed E-state index contributed by atoms with van der Waals surface area (Å²) in [5.74, 6) is 0.907. The number of likely N-dealkylation sites (tertiary alicyclic amines) is 1. The van der Waals surface area contributed by atoms with Crippen LogP contribution in [0.2, 0.25) is 0 Å². The summed E-state index contributed by atoms with van der Waals surface area (Å²) in [6, 6.07) is 4.38. The summed E-state index contributed by atoms with van der Waals surface area (Å²) in [6.45, 7) is 3.58. The number of nitrogens with one attached hydrogen (secondary N) is 1. The Morgan fingerprint density at radius 1 is 1.28 bits per heavy atom. The van der Waals surface area contributed by atoms with E-state index in [9.17, 15) is 22.8 Å². The second-order valence-corrected chi connectivity index (χ2v) is 8.20. The predicted octanol–water partition coefficient (Wildman–Crippen LogP) is 5.07. The second kappa shape index (κ2) is 8.63. The molecule has 1 spiro atoms. The molecule has 1 aromatic rings. The van der Waals surface area contributed by atoms with Crippen LogP contribution in [0, 0.1) is 11.3 Å². The molecule has 5 nitrogen and oxygen atoms in total. The second-order valence-electron chi connectivity index (χ2n) is 8.20. The Kier molecular flexibility index (Phi) is 6.39. The Labute approximate surface area is 168 Å². The van der Waals surface area contributed by atoms with Crippen LogP contribution in [0.25, 0.3) is 0 Å². The molecule has 0 aromatic heterocycles. The standard InChI is InChI=1S/C21H27F3N2O3/c1-15-6-8-20(9-7-15)10-12-26(18(20)27)11-3-13-29-19(28)25-17-5-2-4-16(14-17)21(22,23)24/h2,4-5,14-15H,3,6-13H2,1H3,(H,25,28). The molecular formula is C21H27F3N2O3. The van der Waals surface area contributed by atoms with Gasteiger partial charge in [-0.15, -0.1) is 0 Å². The third kappa shape index (κ3) is 5.22. The van der Waals surface area contributed by atoms with Gasteiger partial charge < -0.3 is 9.64 Å². The van der Waals surface area contributed by atoms with Crippen LogP contribution in [0.5, 0.6) is 0 Å². The summed E-state index contributed by atoms with van der Waals surface area (Å²) in [5, 5.41) is 2.30. The topological polar surface area (TPSA) is 58.6 Å². The number of hydrogen-bond donors (Lipinski definition) is 1. The fraction of sp³-hybridized carbons (Fsp3) is 0.619. The van der Waals surface area contributed by atoms with Gasteiger partial charge in [-0.05, 0) is 62.6 Å². The van der Waals surface area contributed by atoms with E-state index in [0.29, 0.717) is 18.9 Å². The molecule has 2 aliphatic rings. The fourth-order valence-corrected chi connectivity index (χ4v) is 4.23. The van der Waals surface area contributed by atoms with Crippen molar-refractivity contribution in [3.05, 3.63) is 29.8 Å². The van der Waals surface area contributed by atoms with Gasteiger partial charge in [-0.1, -0.05) is 13.0 Å². The maximum atomic E-state index is 12.8. The molecule has 1 aliphatic carbocycles. The van der Waals surface area contributed by atoms with Crippen LogP contribution in [0.1, 0.15) is 51.0 Å². The van der Waals surface area contributed by atoms with Crippen molar-refractivity contribution in [2.75, 3.05) is 25.0 Å². The first-order valence-electron chi connectivity index (χ1n) is 10.1. The number of benzene rings is 1. The Balaban J connectivity index is 1.40. The average Bonchev–Trinajstić information content (AvgIpc) is 2.97. The molecule has 1 aliphatic heterocycles.